The van der Waals surface area contributed by atoms with E-state index in [1.165, 1.54) is 6.92 Å². The molecule has 1 amide bonds. The molecule has 7 heteroatoms. The van der Waals surface area contributed by atoms with Crippen molar-refractivity contribution in [3.05, 3.63) is 76.2 Å². The molecule has 0 aliphatic rings. The molecule has 162 valence electrons. The van der Waals surface area contributed by atoms with Gasteiger partial charge in [-0.05, 0) is 70.0 Å². The second-order valence-corrected chi connectivity index (χ2v) is 7.47. The van der Waals surface area contributed by atoms with E-state index < -0.39 is 18.0 Å². The van der Waals surface area contributed by atoms with Crippen LogP contribution >= 0.6 is 0 Å². The van der Waals surface area contributed by atoms with E-state index >= 15 is 0 Å². The zero-order valence-corrected chi connectivity index (χ0v) is 18.3. The molecule has 0 saturated heterocycles. The number of hydrogen-bond donors (Lipinski definition) is 1. The molecule has 3 rings (SSSR count). The molecule has 0 bridgehead atoms. The van der Waals surface area contributed by atoms with Gasteiger partial charge in [0.15, 0.2) is 6.10 Å². The van der Waals surface area contributed by atoms with Crippen LogP contribution in [-0.4, -0.2) is 23.1 Å². The van der Waals surface area contributed by atoms with E-state index in [1.807, 2.05) is 45.9 Å². The zero-order chi connectivity index (χ0) is 22.5. The van der Waals surface area contributed by atoms with Crippen LogP contribution in [0.5, 0.6) is 5.75 Å². The minimum absolute atomic E-state index is 0.272. The summed E-state index contributed by atoms with van der Waals surface area (Å²) in [6.45, 7) is 9.31. The number of hydrogen-bond acceptors (Lipinski definition) is 6. The average Bonchev–Trinajstić information content (AvgIpc) is 3.06. The molecule has 0 aliphatic carbocycles. The van der Waals surface area contributed by atoms with Crippen LogP contribution < -0.4 is 10.1 Å². The van der Waals surface area contributed by atoms with Crippen LogP contribution in [0.25, 0.3) is 0 Å². The standard InChI is InChI=1S/C24H26N2O5/c1-14-9-10-15(2)22(11-14)25-23(27)18(5)30-24(28)19-7-6-8-20(12-19)29-13-21-16(3)26-31-17(21)4/h6-12,18H,13H2,1-5H3,(H,25,27)/t18-/m0/s1. The number of carbonyl (C=O) groups is 2. The summed E-state index contributed by atoms with van der Waals surface area (Å²) in [5.74, 6) is 0.193. The van der Waals surface area contributed by atoms with Crippen LogP contribution in [0.2, 0.25) is 0 Å². The van der Waals surface area contributed by atoms with Crippen LogP contribution in [0.15, 0.2) is 47.0 Å². The Morgan fingerprint density at radius 3 is 2.58 bits per heavy atom. The van der Waals surface area contributed by atoms with Gasteiger partial charge in [-0.1, -0.05) is 23.4 Å². The van der Waals surface area contributed by atoms with Crippen molar-refractivity contribution in [2.75, 3.05) is 5.32 Å². The van der Waals surface area contributed by atoms with E-state index in [0.29, 0.717) is 22.8 Å². The third-order valence-electron chi connectivity index (χ3n) is 4.94. The van der Waals surface area contributed by atoms with Gasteiger partial charge < -0.3 is 19.3 Å². The Kier molecular flexibility index (Phi) is 6.74. The van der Waals surface area contributed by atoms with Crippen LogP contribution in [0.3, 0.4) is 0 Å². The summed E-state index contributed by atoms with van der Waals surface area (Å²) in [6, 6.07) is 12.4. The molecule has 31 heavy (non-hydrogen) atoms. The second-order valence-electron chi connectivity index (χ2n) is 7.47. The van der Waals surface area contributed by atoms with Crippen molar-refractivity contribution in [1.82, 2.24) is 5.16 Å². The first-order valence-corrected chi connectivity index (χ1v) is 9.98. The van der Waals surface area contributed by atoms with Gasteiger partial charge in [0.2, 0.25) is 0 Å². The third kappa shape index (κ3) is 5.51. The van der Waals surface area contributed by atoms with E-state index in [4.69, 9.17) is 14.0 Å². The SMILES string of the molecule is Cc1ccc(C)c(NC(=O)[C@H](C)OC(=O)c2cccc(OCc3c(C)noc3C)c2)c1. The first kappa shape index (κ1) is 22.1. The van der Waals surface area contributed by atoms with Gasteiger partial charge in [0.05, 0.1) is 16.8 Å². The molecule has 1 aromatic heterocycles. The van der Waals surface area contributed by atoms with Crippen LogP contribution in [0.1, 0.15) is 45.4 Å². The van der Waals surface area contributed by atoms with E-state index in [-0.39, 0.29) is 6.61 Å². The number of esters is 1. The van der Waals surface area contributed by atoms with Crippen molar-refractivity contribution < 1.29 is 23.6 Å². The Hall–Kier alpha value is -3.61. The van der Waals surface area contributed by atoms with Crippen LogP contribution in [-0.2, 0) is 16.1 Å². The van der Waals surface area contributed by atoms with E-state index in [1.54, 1.807) is 24.3 Å². The number of aromatic nitrogens is 1. The number of aryl methyl sites for hydroxylation is 4. The number of benzene rings is 2. The molecular formula is C24H26N2O5. The molecule has 3 aromatic rings. The number of rotatable bonds is 7. The molecule has 0 unspecified atom stereocenters. The van der Waals surface area contributed by atoms with Gasteiger partial charge in [0.25, 0.3) is 5.91 Å². The van der Waals surface area contributed by atoms with Crippen molar-refractivity contribution in [1.29, 1.82) is 0 Å². The highest BCUT2D eigenvalue weighted by Crippen LogP contribution is 2.20. The number of nitrogens with zero attached hydrogens (tertiary/aromatic N) is 1. The van der Waals surface area contributed by atoms with Crippen molar-refractivity contribution >= 4 is 17.6 Å². The van der Waals surface area contributed by atoms with Gasteiger partial charge >= 0.3 is 5.97 Å². The van der Waals surface area contributed by atoms with Crippen molar-refractivity contribution in [2.24, 2.45) is 0 Å². The van der Waals surface area contributed by atoms with Gasteiger partial charge in [-0.3, -0.25) is 4.79 Å². The number of nitrogens with one attached hydrogen (secondary N) is 1. The Morgan fingerprint density at radius 2 is 1.87 bits per heavy atom. The molecule has 7 nitrogen and oxygen atoms in total. The Morgan fingerprint density at radius 1 is 1.10 bits per heavy atom. The van der Waals surface area contributed by atoms with E-state index in [2.05, 4.69) is 10.5 Å². The minimum atomic E-state index is -0.959. The molecule has 0 fully saturated rings. The molecule has 0 radical (unpaired) electrons. The maximum atomic E-state index is 12.5. The van der Waals surface area contributed by atoms with Crippen LogP contribution in [0.4, 0.5) is 5.69 Å². The van der Waals surface area contributed by atoms with E-state index in [9.17, 15) is 9.59 Å². The van der Waals surface area contributed by atoms with E-state index in [0.717, 1.165) is 22.4 Å². The molecule has 0 spiro atoms. The quantitative estimate of drug-likeness (QED) is 0.557. The average molecular weight is 422 g/mol. The van der Waals surface area contributed by atoms with Crippen LogP contribution in [0, 0.1) is 27.7 Å². The van der Waals surface area contributed by atoms with Gasteiger partial charge in [-0.2, -0.15) is 0 Å². The van der Waals surface area contributed by atoms with Crippen molar-refractivity contribution in [2.45, 2.75) is 47.3 Å². The topological polar surface area (TPSA) is 90.7 Å². The monoisotopic (exact) mass is 422 g/mol. The summed E-state index contributed by atoms with van der Waals surface area (Å²) < 4.78 is 16.3. The molecule has 1 atom stereocenters. The highest BCUT2D eigenvalue weighted by Gasteiger charge is 2.20. The predicted octanol–water partition coefficient (Wildman–Crippen LogP) is 4.67. The highest BCUT2D eigenvalue weighted by atomic mass is 16.5. The zero-order valence-electron chi connectivity index (χ0n) is 18.3. The lowest BCUT2D eigenvalue weighted by molar-refractivity contribution is -0.123. The summed E-state index contributed by atoms with van der Waals surface area (Å²) in [7, 11) is 0. The smallest absolute Gasteiger partial charge is 0.339 e. The number of carbonyl (C=O) groups excluding carboxylic acids is 2. The summed E-state index contributed by atoms with van der Waals surface area (Å²) in [6.07, 6.45) is -0.959. The largest absolute Gasteiger partial charge is 0.489 e. The first-order chi connectivity index (χ1) is 14.7. The molecule has 0 saturated carbocycles. The Bertz CT molecular complexity index is 1080. The summed E-state index contributed by atoms with van der Waals surface area (Å²) in [5.41, 5.74) is 4.58. The lowest BCUT2D eigenvalue weighted by Gasteiger charge is -2.15. The number of anilines is 1. The van der Waals surface area contributed by atoms with Gasteiger partial charge in [-0.15, -0.1) is 0 Å². The normalized spacial score (nSPS) is 11.6. The molecule has 0 aliphatic heterocycles. The second kappa shape index (κ2) is 9.47. The third-order valence-corrected chi connectivity index (χ3v) is 4.94. The summed E-state index contributed by atoms with van der Waals surface area (Å²) in [4.78, 5) is 25.0. The molecule has 1 N–H and O–H groups in total. The van der Waals surface area contributed by atoms with Crippen molar-refractivity contribution in [3.8, 4) is 5.75 Å². The maximum absolute atomic E-state index is 12.5. The molecular weight excluding hydrogens is 396 g/mol. The van der Waals surface area contributed by atoms with Gasteiger partial charge in [0, 0.05) is 5.69 Å². The van der Waals surface area contributed by atoms with Gasteiger partial charge in [-0.25, -0.2) is 4.79 Å². The lowest BCUT2D eigenvalue weighted by Crippen LogP contribution is -2.30. The Balaban J connectivity index is 1.61. The molecule has 1 heterocycles. The minimum Gasteiger partial charge on any atom is -0.489 e. The summed E-state index contributed by atoms with van der Waals surface area (Å²) in [5, 5.41) is 6.71. The fraction of sp³-hybridized carbons (Fsp3) is 0.292. The van der Waals surface area contributed by atoms with Gasteiger partial charge in [0.1, 0.15) is 18.1 Å². The predicted molar refractivity (Wildman–Crippen MR) is 116 cm³/mol. The van der Waals surface area contributed by atoms with Crippen molar-refractivity contribution in [3.63, 3.8) is 0 Å². The number of ether oxygens (including phenoxy) is 2. The Labute approximate surface area is 181 Å². The first-order valence-electron chi connectivity index (χ1n) is 9.98. The number of amides is 1. The molecule has 2 aromatic carbocycles. The highest BCUT2D eigenvalue weighted by molar-refractivity contribution is 5.97. The fourth-order valence-electron chi connectivity index (χ4n) is 2.96. The summed E-state index contributed by atoms with van der Waals surface area (Å²) >= 11 is 0. The fourth-order valence-corrected chi connectivity index (χ4v) is 2.96. The lowest BCUT2D eigenvalue weighted by atomic mass is 10.1. The maximum Gasteiger partial charge on any atom is 0.339 e.